The second-order valence-electron chi connectivity index (χ2n) is 1.18. The minimum absolute atomic E-state index is 0.304. The van der Waals surface area contributed by atoms with Gasteiger partial charge in [-0.3, -0.25) is 9.63 Å². The van der Waals surface area contributed by atoms with Gasteiger partial charge >= 0.3 is 9.95 Å². The van der Waals surface area contributed by atoms with Gasteiger partial charge in [-0.2, -0.15) is 3.15 Å². The molecule has 0 aliphatic carbocycles. The van der Waals surface area contributed by atoms with Gasteiger partial charge in [0, 0.05) is 0 Å². The van der Waals surface area contributed by atoms with Gasteiger partial charge in [-0.15, -0.1) is 5.06 Å². The van der Waals surface area contributed by atoms with Crippen LogP contribution in [0.5, 0.6) is 0 Å². The number of halogens is 1. The average molecular weight is 242 g/mol. The SMILES string of the molecule is CON1C(=O)N=IC1=O. The molecule has 0 atom stereocenters. The van der Waals surface area contributed by atoms with Crippen LogP contribution in [0.1, 0.15) is 0 Å². The molecule has 5 nitrogen and oxygen atoms in total. The molecule has 0 aromatic rings. The summed E-state index contributed by atoms with van der Waals surface area (Å²) in [4.78, 5) is 25.4. The van der Waals surface area contributed by atoms with Gasteiger partial charge in [-0.1, -0.05) is 0 Å². The highest BCUT2D eigenvalue weighted by Gasteiger charge is 2.26. The van der Waals surface area contributed by atoms with Crippen LogP contribution in [0.3, 0.4) is 0 Å². The summed E-state index contributed by atoms with van der Waals surface area (Å²) in [6.45, 7) is 0. The zero-order valence-corrected chi connectivity index (χ0v) is 6.65. The van der Waals surface area contributed by atoms with Gasteiger partial charge in [0.1, 0.15) is 21.0 Å². The van der Waals surface area contributed by atoms with Crippen LogP contribution in [-0.2, 0) is 4.84 Å². The lowest BCUT2D eigenvalue weighted by atomic mass is 11.0. The van der Waals surface area contributed by atoms with Crippen LogP contribution >= 0.6 is 21.0 Å². The number of amides is 3. The third-order valence-corrected chi connectivity index (χ3v) is 2.21. The molecule has 0 radical (unpaired) electrons. The topological polar surface area (TPSA) is 59.0 Å². The first-order valence-electron chi connectivity index (χ1n) is 2.03. The molecule has 1 aliphatic rings. The van der Waals surface area contributed by atoms with E-state index in [-0.39, 0.29) is 3.91 Å². The van der Waals surface area contributed by atoms with E-state index in [0.717, 1.165) is 0 Å². The Labute approximate surface area is 61.1 Å². The van der Waals surface area contributed by atoms with Crippen molar-refractivity contribution in [1.29, 1.82) is 0 Å². The Morgan fingerprint density at radius 3 is 2.56 bits per heavy atom. The molecule has 9 heavy (non-hydrogen) atoms. The Morgan fingerprint density at radius 1 is 1.67 bits per heavy atom. The van der Waals surface area contributed by atoms with Gasteiger partial charge in [0.2, 0.25) is 0 Å². The number of carbonyl (C=O) groups excluding carboxylic acids is 2. The number of carbonyl (C=O) groups is 2. The molecule has 0 N–H and O–H groups in total. The molecule has 0 saturated heterocycles. The minimum Gasteiger partial charge on any atom is -0.265 e. The van der Waals surface area contributed by atoms with E-state index < -0.39 is 27.1 Å². The summed E-state index contributed by atoms with van der Waals surface area (Å²) in [6, 6.07) is -0.574. The lowest BCUT2D eigenvalue weighted by Crippen LogP contribution is -2.25. The zero-order chi connectivity index (χ0) is 6.85. The Hall–Kier alpha value is -0.370. The van der Waals surface area contributed by atoms with Crippen molar-refractivity contribution in [2.75, 3.05) is 7.11 Å². The third-order valence-electron chi connectivity index (χ3n) is 0.703. The summed E-state index contributed by atoms with van der Waals surface area (Å²) >= 11 is -0.970. The summed E-state index contributed by atoms with van der Waals surface area (Å²) in [5, 5.41) is 0.674. The molecule has 0 unspecified atom stereocenters. The highest BCUT2D eigenvalue weighted by molar-refractivity contribution is 14.2. The van der Waals surface area contributed by atoms with Crippen LogP contribution in [0.2, 0.25) is 0 Å². The summed E-state index contributed by atoms with van der Waals surface area (Å²) in [5.74, 6) is 0. The summed E-state index contributed by atoms with van der Waals surface area (Å²) in [7, 11) is 1.26. The summed E-state index contributed by atoms with van der Waals surface area (Å²) < 4.78 is 3.09. The van der Waals surface area contributed by atoms with Gasteiger partial charge in [0.25, 0.3) is 0 Å². The van der Waals surface area contributed by atoms with Crippen LogP contribution in [0.25, 0.3) is 0 Å². The quantitative estimate of drug-likeness (QED) is 0.395. The first-order chi connectivity index (χ1) is 4.25. The van der Waals surface area contributed by atoms with Crippen LogP contribution in [0, 0.1) is 0 Å². The number of hydroxylamine groups is 2. The van der Waals surface area contributed by atoms with E-state index in [1.54, 1.807) is 0 Å². The minimum atomic E-state index is -0.970. The predicted molar refractivity (Wildman–Crippen MR) is 36.1 cm³/mol. The number of hydrogen-bond donors (Lipinski definition) is 0. The van der Waals surface area contributed by atoms with Crippen molar-refractivity contribution >= 4 is 31.0 Å². The van der Waals surface area contributed by atoms with Gasteiger partial charge in [-0.05, 0) is 0 Å². The fourth-order valence-corrected chi connectivity index (χ4v) is 1.57. The van der Waals surface area contributed by atoms with Crippen molar-refractivity contribution in [3.8, 4) is 0 Å². The maximum atomic E-state index is 10.6. The fraction of sp³-hybridized carbons (Fsp3) is 0.333. The van der Waals surface area contributed by atoms with Gasteiger partial charge in [-0.25, -0.2) is 4.79 Å². The second kappa shape index (κ2) is 2.48. The number of hydrogen-bond acceptors (Lipinski definition) is 3. The van der Waals surface area contributed by atoms with Gasteiger partial charge in [0.05, 0.1) is 7.11 Å². The van der Waals surface area contributed by atoms with E-state index in [0.29, 0.717) is 5.06 Å². The van der Waals surface area contributed by atoms with Crippen molar-refractivity contribution in [3.63, 3.8) is 0 Å². The lowest BCUT2D eigenvalue weighted by molar-refractivity contribution is -0.0315. The molecule has 1 rings (SSSR count). The van der Waals surface area contributed by atoms with E-state index in [4.69, 9.17) is 0 Å². The molecule has 50 valence electrons. The fourth-order valence-electron chi connectivity index (χ4n) is 0.366. The third kappa shape index (κ3) is 1.13. The average Bonchev–Trinajstić information content (AvgIpc) is 2.12. The van der Waals surface area contributed by atoms with E-state index in [2.05, 4.69) is 7.98 Å². The molecule has 3 amide bonds. The molecule has 0 spiro atoms. The predicted octanol–water partition coefficient (Wildman–Crippen LogP) is 1.26. The Balaban J connectivity index is 2.75. The number of nitrogens with zero attached hydrogens (tertiary/aromatic N) is 2. The van der Waals surface area contributed by atoms with Crippen molar-refractivity contribution in [2.24, 2.45) is 3.15 Å². The first-order valence-corrected chi connectivity index (χ1v) is 4.07. The molecule has 0 fully saturated rings. The lowest BCUT2D eigenvalue weighted by Gasteiger charge is -2.04. The molecular formula is C3H3IN2O3. The molecule has 0 aromatic heterocycles. The molecule has 0 aromatic carbocycles. The van der Waals surface area contributed by atoms with Crippen molar-refractivity contribution in [3.05, 3.63) is 0 Å². The largest absolute Gasteiger partial charge is 0.380 e. The normalized spacial score (nSPS) is 18.6. The Morgan fingerprint density at radius 2 is 2.33 bits per heavy atom. The Bertz CT molecular complexity index is 171. The number of imide groups is 1. The van der Waals surface area contributed by atoms with Crippen LogP contribution in [-0.4, -0.2) is 22.1 Å². The second-order valence-corrected chi connectivity index (χ2v) is 3.07. The molecule has 0 saturated carbocycles. The molecule has 6 heteroatoms. The summed E-state index contributed by atoms with van der Waals surface area (Å²) in [5.41, 5.74) is 0. The van der Waals surface area contributed by atoms with Crippen LogP contribution < -0.4 is 0 Å². The highest BCUT2D eigenvalue weighted by Crippen LogP contribution is 2.19. The van der Waals surface area contributed by atoms with E-state index in [1.807, 2.05) is 0 Å². The van der Waals surface area contributed by atoms with Crippen LogP contribution in [0.15, 0.2) is 3.15 Å². The monoisotopic (exact) mass is 242 g/mol. The van der Waals surface area contributed by atoms with Crippen molar-refractivity contribution < 1.29 is 14.4 Å². The first kappa shape index (κ1) is 6.75. The standard InChI is InChI=1S/C3H3IN2O3/c1-9-6-2(7)4-5-3(6)8/h1H3. The van der Waals surface area contributed by atoms with E-state index >= 15 is 0 Å². The number of urea groups is 1. The highest BCUT2D eigenvalue weighted by atomic mass is 127. The van der Waals surface area contributed by atoms with Gasteiger partial charge in [0.15, 0.2) is 0 Å². The molecular weight excluding hydrogens is 239 g/mol. The van der Waals surface area contributed by atoms with E-state index in [1.165, 1.54) is 7.11 Å². The van der Waals surface area contributed by atoms with Crippen LogP contribution in [0.4, 0.5) is 9.59 Å². The maximum absolute atomic E-state index is 10.6. The zero-order valence-electron chi connectivity index (χ0n) is 4.50. The Kier molecular flexibility index (Phi) is 1.86. The van der Waals surface area contributed by atoms with Crippen molar-refractivity contribution in [2.45, 2.75) is 0 Å². The van der Waals surface area contributed by atoms with E-state index in [9.17, 15) is 9.59 Å². The molecule has 1 heterocycles. The molecule has 0 bridgehead atoms. The summed E-state index contributed by atoms with van der Waals surface area (Å²) in [6.07, 6.45) is 0. The maximum Gasteiger partial charge on any atom is 0.380 e. The smallest absolute Gasteiger partial charge is 0.265 e. The van der Waals surface area contributed by atoms with Gasteiger partial charge < -0.3 is 0 Å². The number of rotatable bonds is 1. The van der Waals surface area contributed by atoms with Crippen molar-refractivity contribution in [1.82, 2.24) is 5.06 Å². The molecule has 1 aliphatic heterocycles.